The molecule has 3 aromatic rings. The monoisotopic (exact) mass is 432 g/mol. The Morgan fingerprint density at radius 1 is 0.724 bits per heavy atom. The highest BCUT2D eigenvalue weighted by molar-refractivity contribution is 7.93. The third kappa shape index (κ3) is 4.87. The third-order valence-electron chi connectivity index (χ3n) is 4.07. The van der Waals surface area contributed by atoms with Crippen molar-refractivity contribution in [1.82, 2.24) is 0 Å². The maximum atomic E-state index is 12.7. The molecule has 0 aliphatic carbocycles. The van der Waals surface area contributed by atoms with Gasteiger partial charge in [0.15, 0.2) is 0 Å². The number of benzene rings is 3. The van der Waals surface area contributed by atoms with Crippen LogP contribution in [-0.2, 0) is 20.0 Å². The van der Waals surface area contributed by atoms with Crippen molar-refractivity contribution < 1.29 is 21.6 Å². The predicted octanol–water partition coefficient (Wildman–Crippen LogP) is 3.61. The number of methoxy groups -OCH3 is 1. The summed E-state index contributed by atoms with van der Waals surface area (Å²) in [5.74, 6) is 0.395. The number of hydrogen-bond donors (Lipinski definition) is 2. The van der Waals surface area contributed by atoms with Crippen LogP contribution >= 0.6 is 0 Å². The Hall–Kier alpha value is -3.04. The van der Waals surface area contributed by atoms with Crippen LogP contribution in [0.25, 0.3) is 0 Å². The van der Waals surface area contributed by atoms with Gasteiger partial charge in [0, 0.05) is 5.69 Å². The molecule has 0 amide bonds. The van der Waals surface area contributed by atoms with Gasteiger partial charge in [-0.3, -0.25) is 9.44 Å². The Balaban J connectivity index is 1.82. The first-order chi connectivity index (χ1) is 13.7. The summed E-state index contributed by atoms with van der Waals surface area (Å²) >= 11 is 0. The Morgan fingerprint density at radius 3 is 1.93 bits per heavy atom. The molecule has 0 bridgehead atoms. The van der Waals surface area contributed by atoms with Gasteiger partial charge in [-0.2, -0.15) is 0 Å². The summed E-state index contributed by atoms with van der Waals surface area (Å²) in [6.45, 7) is 1.84. The van der Waals surface area contributed by atoms with E-state index in [1.807, 2.05) is 13.0 Å². The van der Waals surface area contributed by atoms with Crippen molar-refractivity contribution in [2.75, 3.05) is 16.6 Å². The Kier molecular flexibility index (Phi) is 5.81. The molecule has 29 heavy (non-hydrogen) atoms. The zero-order valence-corrected chi connectivity index (χ0v) is 17.4. The van der Waals surface area contributed by atoms with Gasteiger partial charge in [-0.15, -0.1) is 0 Å². The van der Waals surface area contributed by atoms with Gasteiger partial charge in [0.1, 0.15) is 5.75 Å². The topological polar surface area (TPSA) is 102 Å². The molecule has 0 saturated carbocycles. The molecule has 0 saturated heterocycles. The average molecular weight is 433 g/mol. The molecule has 0 aliphatic rings. The molecule has 0 radical (unpaired) electrons. The second-order valence-corrected chi connectivity index (χ2v) is 9.62. The van der Waals surface area contributed by atoms with E-state index in [0.717, 1.165) is 5.56 Å². The Morgan fingerprint density at radius 2 is 1.31 bits per heavy atom. The maximum absolute atomic E-state index is 12.7. The molecule has 0 heterocycles. The third-order valence-corrected chi connectivity index (χ3v) is 6.85. The number of rotatable bonds is 7. The second kappa shape index (κ2) is 8.14. The van der Waals surface area contributed by atoms with Gasteiger partial charge in [-0.1, -0.05) is 24.3 Å². The summed E-state index contributed by atoms with van der Waals surface area (Å²) in [5, 5.41) is 0. The molecule has 0 spiro atoms. The molecule has 9 heteroatoms. The van der Waals surface area contributed by atoms with Crippen LogP contribution in [0.3, 0.4) is 0 Å². The quantitative estimate of drug-likeness (QED) is 0.594. The maximum Gasteiger partial charge on any atom is 0.262 e. The highest BCUT2D eigenvalue weighted by Gasteiger charge is 2.18. The largest absolute Gasteiger partial charge is 0.495 e. The number of sulfonamides is 2. The minimum absolute atomic E-state index is 0.0104. The molecular weight excluding hydrogens is 412 g/mol. The van der Waals surface area contributed by atoms with E-state index in [-0.39, 0.29) is 15.5 Å². The number of nitrogens with one attached hydrogen (secondary N) is 2. The van der Waals surface area contributed by atoms with Crippen molar-refractivity contribution in [3.63, 3.8) is 0 Å². The normalized spacial score (nSPS) is 11.7. The van der Waals surface area contributed by atoms with Crippen molar-refractivity contribution >= 4 is 31.4 Å². The van der Waals surface area contributed by atoms with Gasteiger partial charge in [-0.05, 0) is 61.0 Å². The second-order valence-electron chi connectivity index (χ2n) is 6.25. The van der Waals surface area contributed by atoms with Crippen LogP contribution in [0.4, 0.5) is 11.4 Å². The number of ether oxygens (including phenoxy) is 1. The van der Waals surface area contributed by atoms with Crippen LogP contribution < -0.4 is 14.2 Å². The summed E-state index contributed by atoms with van der Waals surface area (Å²) in [5.41, 5.74) is 1.44. The van der Waals surface area contributed by atoms with Crippen molar-refractivity contribution in [3.05, 3.63) is 78.4 Å². The Bertz CT molecular complexity index is 1210. The molecular formula is C20H20N2O5S2. The minimum Gasteiger partial charge on any atom is -0.495 e. The van der Waals surface area contributed by atoms with Crippen LogP contribution in [0.1, 0.15) is 5.56 Å². The van der Waals surface area contributed by atoms with E-state index in [9.17, 15) is 16.8 Å². The van der Waals surface area contributed by atoms with Crippen LogP contribution in [0.5, 0.6) is 5.75 Å². The zero-order valence-electron chi connectivity index (χ0n) is 15.8. The average Bonchev–Trinajstić information content (AvgIpc) is 2.69. The molecule has 2 N–H and O–H groups in total. The van der Waals surface area contributed by atoms with Gasteiger partial charge in [0.2, 0.25) is 0 Å². The highest BCUT2D eigenvalue weighted by Crippen LogP contribution is 2.28. The van der Waals surface area contributed by atoms with Crippen molar-refractivity contribution in [2.24, 2.45) is 0 Å². The van der Waals surface area contributed by atoms with E-state index in [4.69, 9.17) is 4.74 Å². The van der Waals surface area contributed by atoms with E-state index in [1.165, 1.54) is 43.5 Å². The smallest absolute Gasteiger partial charge is 0.262 e. The van der Waals surface area contributed by atoms with E-state index in [0.29, 0.717) is 11.4 Å². The van der Waals surface area contributed by atoms with E-state index < -0.39 is 20.0 Å². The summed E-state index contributed by atoms with van der Waals surface area (Å²) in [6.07, 6.45) is 0. The van der Waals surface area contributed by atoms with Gasteiger partial charge in [0.05, 0.1) is 22.6 Å². The number of anilines is 2. The SMILES string of the molecule is COc1ccc(C)cc1NS(=O)(=O)c1ccc(NS(=O)(=O)c2ccccc2)cc1. The van der Waals surface area contributed by atoms with Crippen LogP contribution in [0, 0.1) is 6.92 Å². The zero-order chi connectivity index (χ0) is 21.1. The van der Waals surface area contributed by atoms with Crippen molar-refractivity contribution in [2.45, 2.75) is 16.7 Å². The summed E-state index contributed by atoms with van der Waals surface area (Å²) < 4.78 is 60.2. The molecule has 152 valence electrons. The lowest BCUT2D eigenvalue weighted by molar-refractivity contribution is 0.417. The lowest BCUT2D eigenvalue weighted by Crippen LogP contribution is -2.15. The molecule has 0 atom stereocenters. The van der Waals surface area contributed by atoms with Crippen LogP contribution in [0.15, 0.2) is 82.6 Å². The highest BCUT2D eigenvalue weighted by atomic mass is 32.2. The Labute approximate surface area is 170 Å². The fourth-order valence-corrected chi connectivity index (χ4v) is 4.76. The molecule has 3 rings (SSSR count). The predicted molar refractivity (Wildman–Crippen MR) is 112 cm³/mol. The minimum atomic E-state index is -3.88. The van der Waals surface area contributed by atoms with Crippen LogP contribution in [-0.4, -0.2) is 23.9 Å². The first kappa shape index (κ1) is 20.7. The van der Waals surface area contributed by atoms with Crippen LogP contribution in [0.2, 0.25) is 0 Å². The van der Waals surface area contributed by atoms with E-state index in [1.54, 1.807) is 30.3 Å². The van der Waals surface area contributed by atoms with Crippen molar-refractivity contribution in [3.8, 4) is 5.75 Å². The van der Waals surface area contributed by atoms with Gasteiger partial charge in [0.25, 0.3) is 20.0 Å². The molecule has 7 nitrogen and oxygen atoms in total. The first-order valence-electron chi connectivity index (χ1n) is 8.57. The molecule has 0 fully saturated rings. The van der Waals surface area contributed by atoms with Gasteiger partial charge >= 0.3 is 0 Å². The van der Waals surface area contributed by atoms with Gasteiger partial charge < -0.3 is 4.74 Å². The lowest BCUT2D eigenvalue weighted by Gasteiger charge is -2.13. The number of aryl methyl sites for hydroxylation is 1. The number of hydrogen-bond acceptors (Lipinski definition) is 5. The van der Waals surface area contributed by atoms with E-state index in [2.05, 4.69) is 9.44 Å². The first-order valence-corrected chi connectivity index (χ1v) is 11.5. The van der Waals surface area contributed by atoms with E-state index >= 15 is 0 Å². The fraction of sp³-hybridized carbons (Fsp3) is 0.100. The lowest BCUT2D eigenvalue weighted by atomic mass is 10.2. The molecule has 0 aromatic heterocycles. The molecule has 0 unspecified atom stereocenters. The fourth-order valence-electron chi connectivity index (χ4n) is 2.62. The summed E-state index contributed by atoms with van der Waals surface area (Å²) in [7, 11) is -6.18. The molecule has 0 aliphatic heterocycles. The molecule has 3 aromatic carbocycles. The van der Waals surface area contributed by atoms with Crippen molar-refractivity contribution in [1.29, 1.82) is 0 Å². The summed E-state index contributed by atoms with van der Waals surface area (Å²) in [4.78, 5) is 0.105. The standard InChI is InChI=1S/C20H20N2O5S2/c1-15-8-13-20(27-2)19(14-15)22-29(25,26)18-11-9-16(10-12-18)21-28(23,24)17-6-4-3-5-7-17/h3-14,21-22H,1-2H3. The van der Waals surface area contributed by atoms with Gasteiger partial charge in [-0.25, -0.2) is 16.8 Å². The summed E-state index contributed by atoms with van der Waals surface area (Å²) in [6, 6.07) is 18.5.